The fourth-order valence-corrected chi connectivity index (χ4v) is 9.25. The zero-order valence-electron chi connectivity index (χ0n) is 12.8. The van der Waals surface area contributed by atoms with Crippen LogP contribution in [0.25, 0.3) is 0 Å². The first-order chi connectivity index (χ1) is 9.90. The minimum atomic E-state index is 1.19. The second-order valence-corrected chi connectivity index (χ2v) is 9.63. The molecule has 0 bridgehead atoms. The molecule has 6 saturated carbocycles. The topological polar surface area (TPSA) is 0 Å². The second-order valence-electron chi connectivity index (χ2n) is 9.63. The van der Waals surface area contributed by atoms with Gasteiger partial charge in [0.25, 0.3) is 0 Å². The van der Waals surface area contributed by atoms with Crippen LogP contribution < -0.4 is 0 Å². The molecule has 20 heavy (non-hydrogen) atoms. The van der Waals surface area contributed by atoms with Gasteiger partial charge in [0, 0.05) is 0 Å². The molecule has 0 heteroatoms. The SMILES string of the molecule is C1C[C@H]2C[C@@H]([C@H]3C[C@H]4CC[C@H]5CC[C@@H]3[C@H]54)[C@H]3CC[C@H]1[C@@H]23. The van der Waals surface area contributed by atoms with E-state index in [0.717, 1.165) is 0 Å². The Hall–Kier alpha value is 0. The van der Waals surface area contributed by atoms with Crippen molar-refractivity contribution in [1.29, 1.82) is 0 Å². The highest BCUT2D eigenvalue weighted by atomic mass is 14.7. The van der Waals surface area contributed by atoms with E-state index >= 15 is 0 Å². The van der Waals surface area contributed by atoms with Crippen LogP contribution in [0.2, 0.25) is 0 Å². The van der Waals surface area contributed by atoms with E-state index in [2.05, 4.69) is 0 Å². The highest BCUT2D eigenvalue weighted by Crippen LogP contribution is 2.68. The van der Waals surface area contributed by atoms with Crippen LogP contribution in [0.4, 0.5) is 0 Å². The normalized spacial score (nSPS) is 66.0. The average molecular weight is 270 g/mol. The van der Waals surface area contributed by atoms with E-state index in [1.54, 1.807) is 64.2 Å². The molecule has 6 rings (SSSR count). The second kappa shape index (κ2) is 3.85. The molecule has 0 saturated heterocycles. The molecule has 0 aromatic rings. The molecular formula is C20H30. The Morgan fingerprint density at radius 2 is 0.750 bits per heavy atom. The van der Waals surface area contributed by atoms with Crippen LogP contribution in [0, 0.1) is 59.2 Å². The van der Waals surface area contributed by atoms with E-state index < -0.39 is 0 Å². The third-order valence-corrected chi connectivity index (χ3v) is 9.52. The lowest BCUT2D eigenvalue weighted by atomic mass is 9.75. The predicted molar refractivity (Wildman–Crippen MR) is 81.1 cm³/mol. The molecule has 6 aliphatic rings. The molecule has 0 nitrogen and oxygen atoms in total. The molecule has 0 amide bonds. The van der Waals surface area contributed by atoms with Crippen molar-refractivity contribution >= 4 is 0 Å². The summed E-state index contributed by atoms with van der Waals surface area (Å²) < 4.78 is 0. The maximum atomic E-state index is 1.68. The molecule has 110 valence electrons. The molecule has 0 unspecified atom stereocenters. The lowest BCUT2D eigenvalue weighted by Crippen LogP contribution is -2.24. The van der Waals surface area contributed by atoms with E-state index in [1.807, 2.05) is 0 Å². The van der Waals surface area contributed by atoms with Crippen molar-refractivity contribution < 1.29 is 0 Å². The van der Waals surface area contributed by atoms with Gasteiger partial charge < -0.3 is 0 Å². The van der Waals surface area contributed by atoms with E-state index in [-0.39, 0.29) is 0 Å². The minimum absolute atomic E-state index is 1.19. The van der Waals surface area contributed by atoms with Crippen molar-refractivity contribution in [2.45, 2.75) is 64.2 Å². The Bertz CT molecular complexity index is 386. The summed E-state index contributed by atoms with van der Waals surface area (Å²) in [6.07, 6.45) is 16.3. The summed E-state index contributed by atoms with van der Waals surface area (Å²) in [5.41, 5.74) is 0. The van der Waals surface area contributed by atoms with Crippen molar-refractivity contribution in [3.8, 4) is 0 Å². The smallest absolute Gasteiger partial charge is 0.0326 e. The van der Waals surface area contributed by atoms with Gasteiger partial charge in [-0.3, -0.25) is 0 Å². The van der Waals surface area contributed by atoms with Crippen molar-refractivity contribution in [3.63, 3.8) is 0 Å². The van der Waals surface area contributed by atoms with E-state index in [1.165, 1.54) is 59.2 Å². The van der Waals surface area contributed by atoms with Crippen LogP contribution in [0.1, 0.15) is 64.2 Å². The highest BCUT2D eigenvalue weighted by Gasteiger charge is 2.60. The van der Waals surface area contributed by atoms with Crippen LogP contribution in [0.15, 0.2) is 0 Å². The number of hydrogen-bond donors (Lipinski definition) is 0. The van der Waals surface area contributed by atoms with Gasteiger partial charge in [-0.25, -0.2) is 0 Å². The third-order valence-electron chi connectivity index (χ3n) is 9.52. The first-order valence-corrected chi connectivity index (χ1v) is 9.90. The lowest BCUT2D eigenvalue weighted by Gasteiger charge is -2.30. The quantitative estimate of drug-likeness (QED) is 0.619. The fourth-order valence-electron chi connectivity index (χ4n) is 9.25. The van der Waals surface area contributed by atoms with E-state index in [0.29, 0.717) is 0 Å². The van der Waals surface area contributed by atoms with Crippen LogP contribution >= 0.6 is 0 Å². The highest BCUT2D eigenvalue weighted by molar-refractivity contribution is 5.09. The van der Waals surface area contributed by atoms with E-state index in [4.69, 9.17) is 0 Å². The Balaban J connectivity index is 1.31. The summed E-state index contributed by atoms with van der Waals surface area (Å²) in [5, 5.41) is 0. The summed E-state index contributed by atoms with van der Waals surface area (Å²) in [4.78, 5) is 0. The number of hydrogen-bond acceptors (Lipinski definition) is 0. The summed E-state index contributed by atoms with van der Waals surface area (Å²) in [6.45, 7) is 0. The largest absolute Gasteiger partial charge is 0.0499 e. The summed E-state index contributed by atoms with van der Waals surface area (Å²) in [5.74, 6) is 12.0. The summed E-state index contributed by atoms with van der Waals surface area (Å²) in [6, 6.07) is 0. The molecular weight excluding hydrogens is 240 g/mol. The van der Waals surface area contributed by atoms with Crippen molar-refractivity contribution in [2.24, 2.45) is 59.2 Å². The molecule has 0 aliphatic heterocycles. The van der Waals surface area contributed by atoms with Crippen molar-refractivity contribution in [2.75, 3.05) is 0 Å². The molecule has 0 spiro atoms. The number of rotatable bonds is 1. The van der Waals surface area contributed by atoms with Gasteiger partial charge in [0.1, 0.15) is 0 Å². The molecule has 0 N–H and O–H groups in total. The van der Waals surface area contributed by atoms with Gasteiger partial charge in [0.2, 0.25) is 0 Å². The molecule has 0 radical (unpaired) electrons. The Morgan fingerprint density at radius 1 is 0.350 bits per heavy atom. The van der Waals surface area contributed by atoms with Crippen LogP contribution in [-0.4, -0.2) is 0 Å². The first kappa shape index (κ1) is 11.6. The average Bonchev–Trinajstić information content (AvgIpc) is 3.18. The van der Waals surface area contributed by atoms with Gasteiger partial charge in [-0.2, -0.15) is 0 Å². The van der Waals surface area contributed by atoms with Gasteiger partial charge >= 0.3 is 0 Å². The van der Waals surface area contributed by atoms with Crippen molar-refractivity contribution in [3.05, 3.63) is 0 Å². The third kappa shape index (κ3) is 1.27. The maximum absolute atomic E-state index is 1.68. The fraction of sp³-hybridized carbons (Fsp3) is 1.00. The molecule has 0 aromatic carbocycles. The molecule has 0 heterocycles. The molecule has 6 aliphatic carbocycles. The molecule has 10 atom stereocenters. The minimum Gasteiger partial charge on any atom is -0.0499 e. The van der Waals surface area contributed by atoms with Gasteiger partial charge in [0.05, 0.1) is 0 Å². The molecule has 6 fully saturated rings. The Morgan fingerprint density at radius 3 is 1.25 bits per heavy atom. The standard InChI is InChI=1S/C20H30/c1-3-13-9-17(15-7-5-11(1)19(13)15)18-10-14-4-2-12-6-8-16(18)20(12)14/h11-20H,1-10H2/t11-,12-,13-,14+,15+,16-,17+,18-,19-,20+/m0/s1. The molecule has 0 aromatic heterocycles. The predicted octanol–water partition coefficient (Wildman–Crippen LogP) is 5.13. The van der Waals surface area contributed by atoms with Gasteiger partial charge in [-0.05, 0) is 123 Å². The monoisotopic (exact) mass is 270 g/mol. The Labute approximate surface area is 124 Å². The van der Waals surface area contributed by atoms with Crippen molar-refractivity contribution in [1.82, 2.24) is 0 Å². The van der Waals surface area contributed by atoms with Gasteiger partial charge in [-0.15, -0.1) is 0 Å². The van der Waals surface area contributed by atoms with Crippen LogP contribution in [0.5, 0.6) is 0 Å². The maximum Gasteiger partial charge on any atom is -0.0326 e. The van der Waals surface area contributed by atoms with Gasteiger partial charge in [-0.1, -0.05) is 0 Å². The van der Waals surface area contributed by atoms with Crippen LogP contribution in [-0.2, 0) is 0 Å². The zero-order chi connectivity index (χ0) is 12.8. The summed E-state index contributed by atoms with van der Waals surface area (Å²) in [7, 11) is 0. The van der Waals surface area contributed by atoms with E-state index in [9.17, 15) is 0 Å². The van der Waals surface area contributed by atoms with Crippen LogP contribution in [0.3, 0.4) is 0 Å². The lowest BCUT2D eigenvalue weighted by molar-refractivity contribution is 0.182. The Kier molecular flexibility index (Phi) is 2.22. The summed E-state index contributed by atoms with van der Waals surface area (Å²) >= 11 is 0. The zero-order valence-corrected chi connectivity index (χ0v) is 12.8. The van der Waals surface area contributed by atoms with Gasteiger partial charge in [0.15, 0.2) is 0 Å². The first-order valence-electron chi connectivity index (χ1n) is 9.90.